The number of para-hydroxylation sites is 1. The van der Waals surface area contributed by atoms with Gasteiger partial charge in [-0.15, -0.1) is 0 Å². The number of benzene rings is 1. The van der Waals surface area contributed by atoms with Crippen molar-refractivity contribution in [2.75, 3.05) is 5.32 Å². The van der Waals surface area contributed by atoms with E-state index in [1.165, 1.54) is 6.07 Å². The fourth-order valence-electron chi connectivity index (χ4n) is 1.68. The number of nitro groups is 1. The molecule has 2 aromatic rings. The highest BCUT2D eigenvalue weighted by molar-refractivity contribution is 5.91. The molecule has 1 N–H and O–H groups in total. The Kier molecular flexibility index (Phi) is 3.56. The third-order valence-corrected chi connectivity index (χ3v) is 2.52. The van der Waals surface area contributed by atoms with Crippen molar-refractivity contribution in [1.82, 2.24) is 9.78 Å². The normalized spacial score (nSPS) is 10.2. The van der Waals surface area contributed by atoms with Gasteiger partial charge >= 0.3 is 0 Å². The van der Waals surface area contributed by atoms with Crippen LogP contribution < -0.4 is 5.32 Å². The van der Waals surface area contributed by atoms with E-state index in [0.29, 0.717) is 11.4 Å². The van der Waals surface area contributed by atoms with E-state index in [9.17, 15) is 14.9 Å². The quantitative estimate of drug-likeness (QED) is 0.666. The second kappa shape index (κ2) is 5.30. The number of aryl methyl sites for hydroxylation is 1. The van der Waals surface area contributed by atoms with Gasteiger partial charge in [0.2, 0.25) is 5.91 Å². The van der Waals surface area contributed by atoms with E-state index < -0.39 is 4.92 Å². The van der Waals surface area contributed by atoms with Crippen LogP contribution in [0, 0.1) is 10.1 Å². The van der Waals surface area contributed by atoms with Crippen LogP contribution in [0.25, 0.3) is 0 Å². The lowest BCUT2D eigenvalue weighted by atomic mass is 10.1. The number of nitrogens with one attached hydrogen (secondary N) is 1. The summed E-state index contributed by atoms with van der Waals surface area (Å²) in [5, 5.41) is 17.4. The summed E-state index contributed by atoms with van der Waals surface area (Å²) in [4.78, 5) is 22.1. The summed E-state index contributed by atoms with van der Waals surface area (Å²) < 4.78 is 1.56. The highest BCUT2D eigenvalue weighted by Crippen LogP contribution is 2.18. The Hall–Kier alpha value is -2.70. The van der Waals surface area contributed by atoms with Gasteiger partial charge < -0.3 is 5.32 Å². The fourth-order valence-corrected chi connectivity index (χ4v) is 1.68. The molecule has 1 aromatic carbocycles. The Balaban J connectivity index is 2.09. The summed E-state index contributed by atoms with van der Waals surface area (Å²) in [5.41, 5.74) is 0.319. The molecule has 7 nitrogen and oxygen atoms in total. The number of rotatable bonds is 4. The standard InChI is InChI=1S/C12H12N4O3/c1-15-7-6-11(14-15)13-12(17)8-9-4-2-3-5-10(9)16(18)19/h2-7H,8H2,1H3,(H,13,14,17). The topological polar surface area (TPSA) is 90.1 Å². The molecule has 0 aliphatic rings. The van der Waals surface area contributed by atoms with Crippen molar-refractivity contribution in [3.63, 3.8) is 0 Å². The predicted molar refractivity (Wildman–Crippen MR) is 68.6 cm³/mol. The summed E-state index contributed by atoms with van der Waals surface area (Å²) in [6.45, 7) is 0. The Morgan fingerprint density at radius 1 is 1.42 bits per heavy atom. The third kappa shape index (κ3) is 3.15. The molecule has 0 saturated heterocycles. The number of anilines is 1. The number of carbonyl (C=O) groups is 1. The average molecular weight is 260 g/mol. The SMILES string of the molecule is Cn1ccc(NC(=O)Cc2ccccc2[N+](=O)[O-])n1. The van der Waals surface area contributed by atoms with E-state index in [4.69, 9.17) is 0 Å². The van der Waals surface area contributed by atoms with Crippen molar-refractivity contribution in [3.05, 3.63) is 52.2 Å². The van der Waals surface area contributed by atoms with Crippen LogP contribution in [0.1, 0.15) is 5.56 Å². The first-order valence-electron chi connectivity index (χ1n) is 5.58. The first-order valence-corrected chi connectivity index (χ1v) is 5.58. The number of hydrogen-bond acceptors (Lipinski definition) is 4. The van der Waals surface area contributed by atoms with E-state index in [0.717, 1.165) is 0 Å². The van der Waals surface area contributed by atoms with Crippen LogP contribution in [-0.2, 0) is 18.3 Å². The zero-order valence-electron chi connectivity index (χ0n) is 10.2. The minimum atomic E-state index is -0.497. The van der Waals surface area contributed by atoms with Gasteiger partial charge in [-0.3, -0.25) is 19.6 Å². The van der Waals surface area contributed by atoms with Gasteiger partial charge in [0.15, 0.2) is 5.82 Å². The summed E-state index contributed by atoms with van der Waals surface area (Å²) in [6.07, 6.45) is 1.63. The monoisotopic (exact) mass is 260 g/mol. The Labute approximate surface area is 109 Å². The lowest BCUT2D eigenvalue weighted by Crippen LogP contribution is -2.15. The Bertz CT molecular complexity index is 621. The molecule has 7 heteroatoms. The second-order valence-corrected chi connectivity index (χ2v) is 3.99. The molecule has 0 aliphatic carbocycles. The van der Waals surface area contributed by atoms with Crippen LogP contribution in [0.5, 0.6) is 0 Å². The largest absolute Gasteiger partial charge is 0.309 e. The van der Waals surface area contributed by atoms with Gasteiger partial charge in [0.25, 0.3) is 5.69 Å². The molecule has 19 heavy (non-hydrogen) atoms. The molecule has 0 saturated carbocycles. The molecule has 0 spiro atoms. The van der Waals surface area contributed by atoms with Crippen LogP contribution >= 0.6 is 0 Å². The molecule has 1 amide bonds. The molecular weight excluding hydrogens is 248 g/mol. The van der Waals surface area contributed by atoms with Gasteiger partial charge in [0.05, 0.1) is 11.3 Å². The highest BCUT2D eigenvalue weighted by atomic mass is 16.6. The maximum absolute atomic E-state index is 11.8. The van der Waals surface area contributed by atoms with E-state index in [1.807, 2.05) is 0 Å². The highest BCUT2D eigenvalue weighted by Gasteiger charge is 2.15. The fraction of sp³-hybridized carbons (Fsp3) is 0.167. The van der Waals surface area contributed by atoms with Gasteiger partial charge in [0.1, 0.15) is 0 Å². The molecular formula is C12H12N4O3. The van der Waals surface area contributed by atoms with Gasteiger partial charge in [-0.25, -0.2) is 0 Å². The number of hydrogen-bond donors (Lipinski definition) is 1. The van der Waals surface area contributed by atoms with E-state index >= 15 is 0 Å². The minimum absolute atomic E-state index is 0.0568. The molecule has 0 aliphatic heterocycles. The summed E-state index contributed by atoms with van der Waals surface area (Å²) in [7, 11) is 1.73. The van der Waals surface area contributed by atoms with Crippen LogP contribution in [0.15, 0.2) is 36.5 Å². The number of carbonyl (C=O) groups excluding carboxylic acids is 1. The van der Waals surface area contributed by atoms with Crippen LogP contribution in [0.3, 0.4) is 0 Å². The predicted octanol–water partition coefficient (Wildman–Crippen LogP) is 1.51. The Morgan fingerprint density at radius 3 is 2.79 bits per heavy atom. The maximum atomic E-state index is 11.8. The Morgan fingerprint density at radius 2 is 2.16 bits per heavy atom. The average Bonchev–Trinajstić information content (AvgIpc) is 2.75. The minimum Gasteiger partial charge on any atom is -0.309 e. The van der Waals surface area contributed by atoms with E-state index in [-0.39, 0.29) is 18.0 Å². The molecule has 0 radical (unpaired) electrons. The number of nitrogens with zero attached hydrogens (tertiary/aromatic N) is 3. The summed E-state index contributed by atoms with van der Waals surface area (Å²) in [5.74, 6) is 0.0825. The molecule has 1 heterocycles. The van der Waals surface area contributed by atoms with E-state index in [1.54, 1.807) is 42.2 Å². The van der Waals surface area contributed by atoms with Gasteiger partial charge in [-0.05, 0) is 0 Å². The van der Waals surface area contributed by atoms with Crippen molar-refractivity contribution in [2.45, 2.75) is 6.42 Å². The molecule has 0 unspecified atom stereocenters. The van der Waals surface area contributed by atoms with Gasteiger partial charge in [-0.2, -0.15) is 5.10 Å². The number of amides is 1. The number of nitro benzene ring substituents is 1. The van der Waals surface area contributed by atoms with Crippen LogP contribution in [0.4, 0.5) is 11.5 Å². The summed E-state index contributed by atoms with van der Waals surface area (Å²) in [6, 6.07) is 7.82. The smallest absolute Gasteiger partial charge is 0.273 e. The molecule has 98 valence electrons. The van der Waals surface area contributed by atoms with Gasteiger partial charge in [-0.1, -0.05) is 18.2 Å². The molecule has 0 fully saturated rings. The second-order valence-electron chi connectivity index (χ2n) is 3.99. The molecule has 0 atom stereocenters. The van der Waals surface area contributed by atoms with Crippen LogP contribution in [-0.4, -0.2) is 20.6 Å². The number of aromatic nitrogens is 2. The first-order chi connectivity index (χ1) is 9.06. The zero-order valence-corrected chi connectivity index (χ0v) is 10.2. The van der Waals surface area contributed by atoms with Crippen molar-refractivity contribution in [3.8, 4) is 0 Å². The van der Waals surface area contributed by atoms with Crippen molar-refractivity contribution in [1.29, 1.82) is 0 Å². The zero-order chi connectivity index (χ0) is 13.8. The van der Waals surface area contributed by atoms with Crippen LogP contribution in [0.2, 0.25) is 0 Å². The molecule has 1 aromatic heterocycles. The summed E-state index contributed by atoms with van der Waals surface area (Å²) >= 11 is 0. The van der Waals surface area contributed by atoms with Crippen molar-refractivity contribution in [2.24, 2.45) is 7.05 Å². The third-order valence-electron chi connectivity index (χ3n) is 2.52. The molecule has 0 bridgehead atoms. The lowest BCUT2D eigenvalue weighted by Gasteiger charge is -2.03. The van der Waals surface area contributed by atoms with E-state index in [2.05, 4.69) is 10.4 Å². The van der Waals surface area contributed by atoms with Gasteiger partial charge in [0, 0.05) is 30.9 Å². The first kappa shape index (κ1) is 12.7. The molecule has 2 rings (SSSR count). The maximum Gasteiger partial charge on any atom is 0.273 e. The van der Waals surface area contributed by atoms with Crippen molar-refractivity contribution < 1.29 is 9.72 Å². The van der Waals surface area contributed by atoms with Crippen molar-refractivity contribution >= 4 is 17.4 Å². The lowest BCUT2D eigenvalue weighted by molar-refractivity contribution is -0.385.